The van der Waals surface area contributed by atoms with Crippen LogP contribution in [-0.2, 0) is 35.4 Å². The second kappa shape index (κ2) is 11.6. The van der Waals surface area contributed by atoms with Crippen LogP contribution in [0, 0.1) is 17.8 Å². The van der Waals surface area contributed by atoms with Gasteiger partial charge in [0.15, 0.2) is 13.0 Å². The third-order valence-electron chi connectivity index (χ3n) is 8.44. The minimum Gasteiger partial charge on any atom is -0.508 e. The van der Waals surface area contributed by atoms with Crippen LogP contribution in [0.4, 0.5) is 10.5 Å². The predicted molar refractivity (Wildman–Crippen MR) is 155 cm³/mol. The molecule has 3 fully saturated rings. The number of ether oxygens (including phenoxy) is 4. The van der Waals surface area contributed by atoms with Crippen LogP contribution in [0.2, 0.25) is 0 Å². The molecule has 5 rings (SSSR count). The van der Waals surface area contributed by atoms with Crippen molar-refractivity contribution in [1.29, 1.82) is 0 Å². The number of benzene rings is 2. The Bertz CT molecular complexity index is 1370. The molecule has 3 aliphatic heterocycles. The summed E-state index contributed by atoms with van der Waals surface area (Å²) in [5.41, 5.74) is 5.20. The van der Waals surface area contributed by atoms with Crippen LogP contribution in [0.3, 0.4) is 0 Å². The number of anilines is 1. The highest BCUT2D eigenvalue weighted by atomic mass is 32.2. The van der Waals surface area contributed by atoms with Gasteiger partial charge in [-0.2, -0.15) is 4.31 Å². The van der Waals surface area contributed by atoms with Crippen LogP contribution >= 0.6 is 0 Å². The van der Waals surface area contributed by atoms with Crippen molar-refractivity contribution in [2.24, 2.45) is 17.8 Å². The molecule has 4 atom stereocenters. The van der Waals surface area contributed by atoms with Crippen molar-refractivity contribution in [3.8, 4) is 5.75 Å². The van der Waals surface area contributed by atoms with Gasteiger partial charge in [0, 0.05) is 24.1 Å². The second-order valence-electron chi connectivity index (χ2n) is 12.3. The zero-order valence-corrected chi connectivity index (χ0v) is 25.4. The summed E-state index contributed by atoms with van der Waals surface area (Å²) < 4.78 is 52.3. The number of carbonyl (C=O) groups is 1. The van der Waals surface area contributed by atoms with E-state index in [0.29, 0.717) is 25.3 Å². The fourth-order valence-electron chi connectivity index (χ4n) is 6.50. The maximum Gasteiger partial charge on any atom is 0.413 e. The highest BCUT2D eigenvalue weighted by molar-refractivity contribution is 7.89. The van der Waals surface area contributed by atoms with Crippen LogP contribution in [0.15, 0.2) is 53.4 Å². The number of fused-ring (bicyclic) bond motifs is 1. The van der Waals surface area contributed by atoms with Gasteiger partial charge in [-0.25, -0.2) is 13.2 Å². The number of carbonyl (C=O) groups excluding carboxylic acids is 1. The van der Waals surface area contributed by atoms with E-state index in [4.69, 9.17) is 24.7 Å². The van der Waals surface area contributed by atoms with E-state index in [0.717, 1.165) is 12.0 Å². The predicted octanol–water partition coefficient (Wildman–Crippen LogP) is 3.77. The van der Waals surface area contributed by atoms with E-state index in [2.05, 4.69) is 0 Å². The topological polar surface area (TPSA) is 141 Å². The Morgan fingerprint density at radius 3 is 2.50 bits per heavy atom. The molecule has 0 aliphatic carbocycles. The first-order valence-corrected chi connectivity index (χ1v) is 15.8. The molecule has 2 aromatic rings. The van der Waals surface area contributed by atoms with Crippen molar-refractivity contribution in [3.05, 3.63) is 54.1 Å². The van der Waals surface area contributed by atoms with Gasteiger partial charge in [-0.15, -0.1) is 0 Å². The van der Waals surface area contributed by atoms with Crippen molar-refractivity contribution < 1.29 is 37.3 Å². The molecule has 11 nitrogen and oxygen atoms in total. The monoisotopic (exact) mass is 603 g/mol. The van der Waals surface area contributed by atoms with Gasteiger partial charge < -0.3 is 29.8 Å². The molecule has 0 aromatic heterocycles. The standard InChI is InChI=1S/C30H41N3O8S/c1-20(2)16-32(42(36,37)24-11-7-22(31)8-12-24)19-40-28(35)33-29(3,4)41-18-30(33,15-21-5-9-23(34)10-6-21)26-17-39-27-25(26)13-14-38-27/h5-12,20,25-27,34H,13-19,31H2,1-4H3/t25-,26-,27+,30-/m0/s1. The number of hydrogen-bond donors (Lipinski definition) is 2. The fraction of sp³-hybridized carbons (Fsp3) is 0.567. The van der Waals surface area contributed by atoms with Crippen molar-refractivity contribution in [3.63, 3.8) is 0 Å². The number of sulfonamides is 1. The summed E-state index contributed by atoms with van der Waals surface area (Å²) in [7, 11) is -3.98. The largest absolute Gasteiger partial charge is 0.508 e. The number of amides is 1. The molecule has 0 saturated carbocycles. The molecule has 0 spiro atoms. The van der Waals surface area contributed by atoms with Crippen LogP contribution < -0.4 is 5.73 Å². The number of nitrogens with zero attached hydrogens (tertiary/aromatic N) is 2. The normalized spacial score (nSPS) is 27.1. The molecule has 3 saturated heterocycles. The van der Waals surface area contributed by atoms with Gasteiger partial charge in [-0.1, -0.05) is 26.0 Å². The smallest absolute Gasteiger partial charge is 0.413 e. The van der Waals surface area contributed by atoms with E-state index in [9.17, 15) is 18.3 Å². The summed E-state index contributed by atoms with van der Waals surface area (Å²) >= 11 is 0. The van der Waals surface area contributed by atoms with Gasteiger partial charge in [0.25, 0.3) is 0 Å². The van der Waals surface area contributed by atoms with E-state index < -0.39 is 34.1 Å². The average Bonchev–Trinajstić information content (AvgIpc) is 3.62. The summed E-state index contributed by atoms with van der Waals surface area (Å²) in [5, 5.41) is 9.88. The molecule has 1 amide bonds. The highest BCUT2D eigenvalue weighted by Crippen LogP contribution is 2.50. The molecule has 2 aromatic carbocycles. The van der Waals surface area contributed by atoms with Crippen molar-refractivity contribution >= 4 is 21.8 Å². The highest BCUT2D eigenvalue weighted by Gasteiger charge is 2.63. The minimum atomic E-state index is -3.98. The molecular formula is C30H41N3O8S. The summed E-state index contributed by atoms with van der Waals surface area (Å²) in [5.74, 6) is 0.0482. The van der Waals surface area contributed by atoms with Crippen molar-refractivity contribution in [1.82, 2.24) is 9.21 Å². The van der Waals surface area contributed by atoms with Gasteiger partial charge >= 0.3 is 6.09 Å². The first-order chi connectivity index (χ1) is 19.8. The van der Waals surface area contributed by atoms with Gasteiger partial charge in [-0.3, -0.25) is 4.90 Å². The molecule has 3 N–H and O–H groups in total. The van der Waals surface area contributed by atoms with Crippen LogP contribution in [0.1, 0.15) is 39.7 Å². The summed E-state index contributed by atoms with van der Waals surface area (Å²) in [4.78, 5) is 15.8. The first-order valence-electron chi connectivity index (χ1n) is 14.3. The minimum absolute atomic E-state index is 0.0256. The van der Waals surface area contributed by atoms with E-state index in [1.165, 1.54) is 28.6 Å². The Hall–Kier alpha value is -2.90. The lowest BCUT2D eigenvalue weighted by molar-refractivity contribution is -0.0907. The Morgan fingerprint density at radius 1 is 1.14 bits per heavy atom. The average molecular weight is 604 g/mol. The van der Waals surface area contributed by atoms with E-state index in [1.54, 1.807) is 17.0 Å². The number of hydrogen-bond acceptors (Lipinski definition) is 9. The zero-order valence-electron chi connectivity index (χ0n) is 24.6. The van der Waals surface area contributed by atoms with Gasteiger partial charge in [0.1, 0.15) is 11.5 Å². The lowest BCUT2D eigenvalue weighted by Crippen LogP contribution is -2.62. The number of nitrogen functional groups attached to an aromatic ring is 1. The SMILES string of the molecule is CC(C)CN(COC(=O)N1C(C)(C)OC[C@@]1(Cc1ccc(O)cc1)[C@H]1CO[C@H]2OCC[C@H]21)S(=O)(=O)c1ccc(N)cc1. The second-order valence-corrected chi connectivity index (χ2v) is 14.2. The van der Waals surface area contributed by atoms with Gasteiger partial charge in [0.05, 0.1) is 30.3 Å². The number of phenolic OH excluding ortho intramolecular Hbond substituents is 1. The Kier molecular flexibility index (Phi) is 8.47. The van der Waals surface area contributed by atoms with Crippen LogP contribution in [-0.4, -0.2) is 79.5 Å². The lowest BCUT2D eigenvalue weighted by Gasteiger charge is -2.46. The Labute approximate surface area is 247 Å². The maximum atomic E-state index is 14.1. The molecule has 0 unspecified atom stereocenters. The number of phenols is 1. The fourth-order valence-corrected chi connectivity index (χ4v) is 7.96. The molecule has 230 valence electrons. The number of aromatic hydroxyl groups is 1. The molecule has 0 bridgehead atoms. The van der Waals surface area contributed by atoms with Crippen LogP contribution in [0.25, 0.3) is 0 Å². The van der Waals surface area contributed by atoms with Gasteiger partial charge in [-0.05, 0) is 74.6 Å². The molecule has 12 heteroatoms. The van der Waals surface area contributed by atoms with Gasteiger partial charge in [0.2, 0.25) is 10.0 Å². The summed E-state index contributed by atoms with van der Waals surface area (Å²) in [6.07, 6.45) is 0.181. The van der Waals surface area contributed by atoms with Crippen LogP contribution in [0.5, 0.6) is 5.75 Å². The lowest BCUT2D eigenvalue weighted by atomic mass is 9.72. The Balaban J connectivity index is 1.46. The summed E-state index contributed by atoms with van der Waals surface area (Å²) in [6.45, 7) is 8.26. The number of rotatable bonds is 9. The third kappa shape index (κ3) is 5.83. The Morgan fingerprint density at radius 2 is 1.83 bits per heavy atom. The van der Waals surface area contributed by atoms with Crippen molar-refractivity contribution in [2.45, 2.75) is 63.0 Å². The third-order valence-corrected chi connectivity index (χ3v) is 10.2. The number of nitrogens with two attached hydrogens (primary N) is 1. The quantitative estimate of drug-likeness (QED) is 0.324. The summed E-state index contributed by atoms with van der Waals surface area (Å²) in [6, 6.07) is 12.8. The molecule has 0 radical (unpaired) electrons. The first kappa shape index (κ1) is 30.6. The maximum absolute atomic E-state index is 14.1. The van der Waals surface area contributed by atoms with E-state index >= 15 is 0 Å². The zero-order chi connectivity index (χ0) is 30.3. The molecule has 3 heterocycles. The molecular weight excluding hydrogens is 562 g/mol. The van der Waals surface area contributed by atoms with E-state index in [1.807, 2.05) is 39.8 Å². The van der Waals surface area contributed by atoms with Crippen molar-refractivity contribution in [2.75, 3.05) is 38.8 Å². The molecule has 42 heavy (non-hydrogen) atoms. The molecule has 3 aliphatic rings. The van der Waals surface area contributed by atoms with E-state index in [-0.39, 0.29) is 47.8 Å².